The van der Waals surface area contributed by atoms with Crippen LogP contribution in [0.25, 0.3) is 0 Å². The molecule has 3 aliphatic heterocycles. The highest BCUT2D eigenvalue weighted by Crippen LogP contribution is 2.55. The molecule has 3 heterocycles. The number of hydrogen-bond acceptors (Lipinski definition) is 6. The maximum Gasteiger partial charge on any atom is 0.332 e. The summed E-state index contributed by atoms with van der Waals surface area (Å²) in [5.74, 6) is 0. The molecule has 0 radical (unpaired) electrons. The van der Waals surface area contributed by atoms with Gasteiger partial charge in [-0.3, -0.25) is 0 Å². The fraction of sp³-hybridized carbons (Fsp3) is 0.150. The lowest BCUT2D eigenvalue weighted by Gasteiger charge is -2.50. The molecule has 7 heteroatoms. The topological polar surface area (TPSA) is 102 Å². The molecular weight excluding hydrogens is 575 g/mol. The molecule has 5 aromatic rings. The Bertz CT molecular complexity index is 2310. The van der Waals surface area contributed by atoms with Crippen LogP contribution in [0.4, 0.5) is 28.4 Å². The summed E-state index contributed by atoms with van der Waals surface area (Å²) in [6.45, 7) is 8.15. The predicted molar refractivity (Wildman–Crippen MR) is 184 cm³/mol. The first-order valence-corrected chi connectivity index (χ1v) is 15.6. The molecule has 0 bridgehead atoms. The summed E-state index contributed by atoms with van der Waals surface area (Å²) in [6.07, 6.45) is 0. The molecule has 0 fully saturated rings. The minimum atomic E-state index is -0.727. The lowest BCUT2D eigenvalue weighted by Crippen LogP contribution is -2.62. The van der Waals surface area contributed by atoms with Crippen LogP contribution in [0, 0.1) is 45.3 Å². The fourth-order valence-electron chi connectivity index (χ4n) is 8.17. The zero-order chi connectivity index (χ0) is 32.8. The van der Waals surface area contributed by atoms with E-state index < -0.39 is 12.3 Å². The summed E-state index contributed by atoms with van der Waals surface area (Å²) in [7, 11) is 0. The highest BCUT2D eigenvalue weighted by molar-refractivity contribution is 6.92. The quantitative estimate of drug-likeness (QED) is 0.189. The van der Waals surface area contributed by atoms with Crippen LogP contribution in [0.3, 0.4) is 0 Å². The van der Waals surface area contributed by atoms with Gasteiger partial charge in [0.2, 0.25) is 0 Å². The number of anilines is 5. The van der Waals surface area contributed by atoms with Crippen LogP contribution in [-0.4, -0.2) is 6.85 Å². The van der Waals surface area contributed by atoms with Crippen LogP contribution < -0.4 is 20.6 Å². The number of nitriles is 4. The molecule has 0 unspecified atom stereocenters. The van der Waals surface area contributed by atoms with Crippen molar-refractivity contribution in [3.63, 3.8) is 0 Å². The minimum Gasteiger partial charge on any atom is -0.374 e. The third-order valence-electron chi connectivity index (χ3n) is 10.4. The molecule has 0 spiro atoms. The Kier molecular flexibility index (Phi) is 5.77. The first-order chi connectivity index (χ1) is 22.7. The Morgan fingerprint density at radius 2 is 1.02 bits per heavy atom. The van der Waals surface area contributed by atoms with E-state index in [1.165, 1.54) is 11.1 Å². The standard InChI is InChI=1S/C40H27BN6/c1-39(2)28-10-5-7-14-34(28)46-35-15-8-6-12-32(35)41(33-13-9-11-29(39)38(33)46)47-36-26(22-44)16-24(20-42)18-30(36)40(3,4)31-19-25(21-43)17-27(23-45)37(31)47/h5-19H,1-4H3. The van der Waals surface area contributed by atoms with Gasteiger partial charge in [0.05, 0.1) is 51.5 Å². The van der Waals surface area contributed by atoms with E-state index in [-0.39, 0.29) is 5.41 Å². The van der Waals surface area contributed by atoms with Gasteiger partial charge in [-0.25, -0.2) is 0 Å². The van der Waals surface area contributed by atoms with E-state index >= 15 is 0 Å². The molecule has 3 aliphatic rings. The number of rotatable bonds is 1. The van der Waals surface area contributed by atoms with E-state index in [0.29, 0.717) is 33.6 Å². The van der Waals surface area contributed by atoms with E-state index in [2.05, 4.69) is 102 Å². The molecule has 0 N–H and O–H groups in total. The highest BCUT2D eigenvalue weighted by Gasteiger charge is 2.50. The lowest BCUT2D eigenvalue weighted by molar-refractivity contribution is 0.631. The molecule has 0 aromatic heterocycles. The fourth-order valence-corrected chi connectivity index (χ4v) is 8.17. The van der Waals surface area contributed by atoms with Crippen molar-refractivity contribution in [2.75, 3.05) is 9.71 Å². The average molecular weight is 603 g/mol. The molecular formula is C40H27BN6. The van der Waals surface area contributed by atoms with Crippen molar-refractivity contribution in [3.8, 4) is 24.3 Å². The van der Waals surface area contributed by atoms with Gasteiger partial charge in [-0.2, -0.15) is 21.0 Å². The van der Waals surface area contributed by atoms with E-state index in [9.17, 15) is 21.0 Å². The van der Waals surface area contributed by atoms with Gasteiger partial charge in [0.1, 0.15) is 12.1 Å². The summed E-state index contributed by atoms with van der Waals surface area (Å²) in [5, 5.41) is 41.4. The maximum atomic E-state index is 10.7. The van der Waals surface area contributed by atoms with Crippen molar-refractivity contribution < 1.29 is 0 Å². The number of benzene rings is 5. The molecule has 47 heavy (non-hydrogen) atoms. The second-order valence-electron chi connectivity index (χ2n) is 13.5. The van der Waals surface area contributed by atoms with Gasteiger partial charge in [-0.15, -0.1) is 0 Å². The van der Waals surface area contributed by atoms with Crippen LogP contribution in [0.2, 0.25) is 0 Å². The first kappa shape index (κ1) is 28.2. The van der Waals surface area contributed by atoms with Crippen LogP contribution in [0.15, 0.2) is 91.0 Å². The maximum absolute atomic E-state index is 10.7. The third-order valence-corrected chi connectivity index (χ3v) is 10.4. The molecule has 0 amide bonds. The molecule has 0 atom stereocenters. The number of para-hydroxylation sites is 3. The van der Waals surface area contributed by atoms with Crippen LogP contribution in [-0.2, 0) is 10.8 Å². The zero-order valence-corrected chi connectivity index (χ0v) is 26.4. The van der Waals surface area contributed by atoms with Gasteiger partial charge < -0.3 is 9.71 Å². The minimum absolute atomic E-state index is 0.298. The first-order valence-electron chi connectivity index (χ1n) is 15.6. The molecule has 220 valence electrons. The van der Waals surface area contributed by atoms with E-state index in [4.69, 9.17) is 0 Å². The van der Waals surface area contributed by atoms with E-state index in [0.717, 1.165) is 39.1 Å². The Labute approximate surface area is 274 Å². The van der Waals surface area contributed by atoms with Gasteiger partial charge in [0.25, 0.3) is 0 Å². The Morgan fingerprint density at radius 1 is 0.511 bits per heavy atom. The molecule has 8 rings (SSSR count). The largest absolute Gasteiger partial charge is 0.374 e. The molecule has 5 aromatic carbocycles. The van der Waals surface area contributed by atoms with Crippen molar-refractivity contribution in [2.24, 2.45) is 0 Å². The summed E-state index contributed by atoms with van der Waals surface area (Å²) in [5.41, 5.74) is 11.1. The number of fused-ring (bicyclic) bond motifs is 6. The second kappa shape index (κ2) is 9.61. The summed E-state index contributed by atoms with van der Waals surface area (Å²) in [6, 6.07) is 39.7. The average Bonchev–Trinajstić information content (AvgIpc) is 3.09. The summed E-state index contributed by atoms with van der Waals surface area (Å²) < 4.78 is 0. The third kappa shape index (κ3) is 3.58. The molecule has 6 nitrogen and oxygen atoms in total. The Morgan fingerprint density at radius 3 is 1.62 bits per heavy atom. The second-order valence-corrected chi connectivity index (χ2v) is 13.5. The van der Waals surface area contributed by atoms with Crippen LogP contribution in [0.1, 0.15) is 72.2 Å². The SMILES string of the molecule is CC1(C)c2cc(C#N)cc(C#N)c2N(B2c3ccccc3N3c4ccccc4C(C)(C)c4cccc2c43)c2c(C#N)cc(C#N)cc21. The van der Waals surface area contributed by atoms with Gasteiger partial charge in [0.15, 0.2) is 0 Å². The number of hydrogen-bond donors (Lipinski definition) is 0. The zero-order valence-electron chi connectivity index (χ0n) is 26.4. The van der Waals surface area contributed by atoms with Crippen molar-refractivity contribution in [2.45, 2.75) is 38.5 Å². The van der Waals surface area contributed by atoms with Crippen molar-refractivity contribution in [1.29, 1.82) is 21.0 Å². The normalized spacial score (nSPS) is 15.4. The smallest absolute Gasteiger partial charge is 0.332 e. The van der Waals surface area contributed by atoms with E-state index in [1.54, 1.807) is 12.1 Å². The van der Waals surface area contributed by atoms with Gasteiger partial charge in [-0.1, -0.05) is 82.3 Å². The van der Waals surface area contributed by atoms with E-state index in [1.807, 2.05) is 38.1 Å². The van der Waals surface area contributed by atoms with Gasteiger partial charge in [-0.05, 0) is 69.6 Å². The highest BCUT2D eigenvalue weighted by atomic mass is 15.2. The van der Waals surface area contributed by atoms with Gasteiger partial charge in [0, 0.05) is 22.2 Å². The monoisotopic (exact) mass is 602 g/mol. The number of nitrogens with zero attached hydrogens (tertiary/aromatic N) is 6. The van der Waals surface area contributed by atoms with Crippen LogP contribution >= 0.6 is 0 Å². The summed E-state index contributed by atoms with van der Waals surface area (Å²) >= 11 is 0. The molecule has 0 saturated heterocycles. The van der Waals surface area contributed by atoms with Crippen molar-refractivity contribution in [1.82, 2.24) is 0 Å². The molecule has 0 saturated carbocycles. The Balaban J connectivity index is 1.55. The lowest BCUT2D eigenvalue weighted by atomic mass is 9.44. The van der Waals surface area contributed by atoms with Crippen molar-refractivity contribution >= 4 is 46.2 Å². The molecule has 0 aliphatic carbocycles. The summed E-state index contributed by atoms with van der Waals surface area (Å²) in [4.78, 5) is 4.51. The van der Waals surface area contributed by atoms with Crippen molar-refractivity contribution in [3.05, 3.63) is 136 Å². The van der Waals surface area contributed by atoms with Gasteiger partial charge >= 0.3 is 6.85 Å². The Hall–Kier alpha value is -6.28. The predicted octanol–water partition coefficient (Wildman–Crippen LogP) is 7.18. The van der Waals surface area contributed by atoms with Crippen LogP contribution in [0.5, 0.6) is 0 Å².